The van der Waals surface area contributed by atoms with E-state index in [4.69, 9.17) is 46.4 Å². The first-order valence-corrected chi connectivity index (χ1v) is 5.96. The molecule has 1 N–H and O–H groups in total. The number of aromatic nitrogens is 2. The molecule has 7 heteroatoms. The van der Waals surface area contributed by atoms with Crippen LogP contribution < -0.4 is 5.32 Å². The summed E-state index contributed by atoms with van der Waals surface area (Å²) < 4.78 is 0. The largest absolute Gasteiger partial charge is 0.339 e. The standard InChI is InChI=1S/C10H5Cl4N3/c11-5-1-7(13)8(2-6(5)12)17-10-3-9(14)15-4-16-10/h1-4H,(H,15,16,17). The Labute approximate surface area is 118 Å². The molecule has 17 heavy (non-hydrogen) atoms. The predicted molar refractivity (Wildman–Crippen MR) is 71.8 cm³/mol. The number of benzene rings is 1. The number of hydrogen-bond acceptors (Lipinski definition) is 3. The summed E-state index contributed by atoms with van der Waals surface area (Å²) in [6, 6.07) is 4.74. The van der Waals surface area contributed by atoms with E-state index in [2.05, 4.69) is 15.3 Å². The van der Waals surface area contributed by atoms with Gasteiger partial charge in [0, 0.05) is 6.07 Å². The van der Waals surface area contributed by atoms with Crippen LogP contribution in [0.2, 0.25) is 20.2 Å². The monoisotopic (exact) mass is 307 g/mol. The molecular weight excluding hydrogens is 304 g/mol. The average Bonchev–Trinajstić information content (AvgIpc) is 2.26. The Morgan fingerprint density at radius 1 is 0.824 bits per heavy atom. The lowest BCUT2D eigenvalue weighted by molar-refractivity contribution is 1.17. The fourth-order valence-electron chi connectivity index (χ4n) is 1.16. The van der Waals surface area contributed by atoms with Gasteiger partial charge in [-0.3, -0.25) is 0 Å². The van der Waals surface area contributed by atoms with Crippen LogP contribution >= 0.6 is 46.4 Å². The summed E-state index contributed by atoms with van der Waals surface area (Å²) >= 11 is 23.5. The molecule has 0 unspecified atom stereocenters. The van der Waals surface area contributed by atoms with Crippen molar-refractivity contribution in [1.29, 1.82) is 0 Å². The van der Waals surface area contributed by atoms with Crippen molar-refractivity contribution in [2.45, 2.75) is 0 Å². The molecular formula is C10H5Cl4N3. The predicted octanol–water partition coefficient (Wildman–Crippen LogP) is 4.83. The van der Waals surface area contributed by atoms with E-state index in [1.807, 2.05) is 0 Å². The third kappa shape index (κ3) is 3.13. The van der Waals surface area contributed by atoms with Crippen LogP contribution in [-0.4, -0.2) is 9.97 Å². The molecule has 0 aliphatic rings. The van der Waals surface area contributed by atoms with E-state index in [0.29, 0.717) is 31.7 Å². The van der Waals surface area contributed by atoms with Crippen LogP contribution in [0.3, 0.4) is 0 Å². The number of nitrogens with one attached hydrogen (secondary N) is 1. The van der Waals surface area contributed by atoms with Gasteiger partial charge in [-0.15, -0.1) is 0 Å². The summed E-state index contributed by atoms with van der Waals surface area (Å²) in [5, 5.41) is 4.53. The number of hydrogen-bond donors (Lipinski definition) is 1. The molecule has 0 saturated carbocycles. The van der Waals surface area contributed by atoms with Crippen molar-refractivity contribution < 1.29 is 0 Å². The summed E-state index contributed by atoms with van der Waals surface area (Å²) in [6.45, 7) is 0. The highest BCUT2D eigenvalue weighted by atomic mass is 35.5. The molecule has 0 aliphatic carbocycles. The van der Waals surface area contributed by atoms with E-state index in [-0.39, 0.29) is 0 Å². The fourth-order valence-corrected chi connectivity index (χ4v) is 1.90. The van der Waals surface area contributed by atoms with Gasteiger partial charge in [-0.05, 0) is 12.1 Å². The zero-order chi connectivity index (χ0) is 12.4. The molecule has 0 amide bonds. The van der Waals surface area contributed by atoms with Gasteiger partial charge in [-0.1, -0.05) is 46.4 Å². The Bertz CT molecular complexity index is 559. The Kier molecular flexibility index (Phi) is 3.94. The van der Waals surface area contributed by atoms with Crippen molar-refractivity contribution in [1.82, 2.24) is 9.97 Å². The van der Waals surface area contributed by atoms with Crippen molar-refractivity contribution >= 4 is 57.9 Å². The second-order valence-corrected chi connectivity index (χ2v) is 4.71. The number of anilines is 2. The minimum atomic E-state index is 0.332. The lowest BCUT2D eigenvalue weighted by atomic mass is 10.3. The van der Waals surface area contributed by atoms with Gasteiger partial charge in [-0.2, -0.15) is 0 Å². The molecule has 0 bridgehead atoms. The molecule has 0 atom stereocenters. The van der Waals surface area contributed by atoms with E-state index in [0.717, 1.165) is 0 Å². The van der Waals surface area contributed by atoms with Gasteiger partial charge in [0.1, 0.15) is 17.3 Å². The molecule has 3 nitrogen and oxygen atoms in total. The smallest absolute Gasteiger partial charge is 0.135 e. The highest BCUT2D eigenvalue weighted by molar-refractivity contribution is 6.44. The van der Waals surface area contributed by atoms with Crippen LogP contribution in [0, 0.1) is 0 Å². The SMILES string of the molecule is Clc1cc(Nc2cc(Cl)c(Cl)cc2Cl)ncn1. The van der Waals surface area contributed by atoms with Gasteiger partial charge in [-0.25, -0.2) is 9.97 Å². The average molecular weight is 309 g/mol. The Morgan fingerprint density at radius 3 is 2.24 bits per heavy atom. The molecule has 88 valence electrons. The molecule has 1 aromatic carbocycles. The molecule has 0 fully saturated rings. The second-order valence-electron chi connectivity index (χ2n) is 3.10. The van der Waals surface area contributed by atoms with Gasteiger partial charge in [0.2, 0.25) is 0 Å². The zero-order valence-electron chi connectivity index (χ0n) is 8.22. The highest BCUT2D eigenvalue weighted by Gasteiger charge is 2.07. The molecule has 1 aromatic heterocycles. The number of rotatable bonds is 2. The summed E-state index contributed by atoms with van der Waals surface area (Å²) in [5.74, 6) is 0.519. The Balaban J connectivity index is 2.33. The van der Waals surface area contributed by atoms with E-state index in [1.165, 1.54) is 6.33 Å². The first-order valence-electron chi connectivity index (χ1n) is 4.45. The van der Waals surface area contributed by atoms with Gasteiger partial charge in [0.15, 0.2) is 0 Å². The van der Waals surface area contributed by atoms with Crippen molar-refractivity contribution in [3.05, 3.63) is 44.7 Å². The summed E-state index contributed by atoms with van der Waals surface area (Å²) in [5.41, 5.74) is 0.593. The summed E-state index contributed by atoms with van der Waals surface area (Å²) in [4.78, 5) is 7.76. The van der Waals surface area contributed by atoms with Crippen LogP contribution in [0.4, 0.5) is 11.5 Å². The molecule has 2 aromatic rings. The maximum atomic E-state index is 6.01. The van der Waals surface area contributed by atoms with Crippen LogP contribution in [0.25, 0.3) is 0 Å². The third-order valence-corrected chi connectivity index (χ3v) is 3.15. The molecule has 2 rings (SSSR count). The van der Waals surface area contributed by atoms with E-state index < -0.39 is 0 Å². The van der Waals surface area contributed by atoms with Crippen molar-refractivity contribution in [2.24, 2.45) is 0 Å². The minimum absolute atomic E-state index is 0.332. The van der Waals surface area contributed by atoms with E-state index in [1.54, 1.807) is 18.2 Å². The van der Waals surface area contributed by atoms with Gasteiger partial charge in [0.05, 0.1) is 20.8 Å². The lowest BCUT2D eigenvalue weighted by Gasteiger charge is -2.08. The molecule has 0 radical (unpaired) electrons. The fraction of sp³-hybridized carbons (Fsp3) is 0. The topological polar surface area (TPSA) is 37.8 Å². The highest BCUT2D eigenvalue weighted by Crippen LogP contribution is 2.33. The molecule has 0 saturated heterocycles. The Morgan fingerprint density at radius 2 is 1.53 bits per heavy atom. The van der Waals surface area contributed by atoms with Crippen LogP contribution in [0.1, 0.15) is 0 Å². The van der Waals surface area contributed by atoms with Gasteiger partial charge < -0.3 is 5.32 Å². The van der Waals surface area contributed by atoms with Crippen LogP contribution in [0.5, 0.6) is 0 Å². The van der Waals surface area contributed by atoms with E-state index >= 15 is 0 Å². The van der Waals surface area contributed by atoms with Crippen LogP contribution in [-0.2, 0) is 0 Å². The number of halogens is 4. The number of nitrogens with zero attached hydrogens (tertiary/aromatic N) is 2. The van der Waals surface area contributed by atoms with Crippen LogP contribution in [0.15, 0.2) is 24.5 Å². The second kappa shape index (κ2) is 5.27. The zero-order valence-corrected chi connectivity index (χ0v) is 11.2. The first-order chi connectivity index (χ1) is 8.06. The van der Waals surface area contributed by atoms with E-state index in [9.17, 15) is 0 Å². The summed E-state index contributed by atoms with van der Waals surface area (Å²) in [7, 11) is 0. The lowest BCUT2D eigenvalue weighted by Crippen LogP contribution is -1.95. The van der Waals surface area contributed by atoms with Crippen molar-refractivity contribution in [2.75, 3.05) is 5.32 Å². The maximum Gasteiger partial charge on any atom is 0.135 e. The Hall–Kier alpha value is -0.740. The maximum absolute atomic E-state index is 6.01. The third-order valence-electron chi connectivity index (χ3n) is 1.91. The summed E-state index contributed by atoms with van der Waals surface area (Å²) in [6.07, 6.45) is 1.34. The normalized spacial score (nSPS) is 10.4. The first kappa shape index (κ1) is 12.7. The molecule has 0 spiro atoms. The van der Waals surface area contributed by atoms with Crippen molar-refractivity contribution in [3.63, 3.8) is 0 Å². The minimum Gasteiger partial charge on any atom is -0.339 e. The molecule has 1 heterocycles. The van der Waals surface area contributed by atoms with Gasteiger partial charge in [0.25, 0.3) is 0 Å². The van der Waals surface area contributed by atoms with Crippen molar-refractivity contribution in [3.8, 4) is 0 Å². The molecule has 0 aliphatic heterocycles. The quantitative estimate of drug-likeness (QED) is 0.637. The van der Waals surface area contributed by atoms with Gasteiger partial charge >= 0.3 is 0 Å².